The number of carbonyl (C=O) groups is 3. The number of imide groups is 1. The number of fused-ring (bicyclic) bond motifs is 2. The second kappa shape index (κ2) is 9.30. The van der Waals surface area contributed by atoms with Gasteiger partial charge in [0.2, 0.25) is 9.84 Å². The Morgan fingerprint density at radius 1 is 0.615 bits per heavy atom. The van der Waals surface area contributed by atoms with Gasteiger partial charge in [0.15, 0.2) is 6.23 Å². The van der Waals surface area contributed by atoms with E-state index in [1.165, 1.54) is 41.3 Å². The van der Waals surface area contributed by atoms with Gasteiger partial charge in [0.05, 0.1) is 27.5 Å². The lowest BCUT2D eigenvalue weighted by Gasteiger charge is -2.20. The van der Waals surface area contributed by atoms with Crippen LogP contribution in [0.25, 0.3) is 0 Å². The van der Waals surface area contributed by atoms with Gasteiger partial charge in [-0.1, -0.05) is 66.7 Å². The lowest BCUT2D eigenvalue weighted by Crippen LogP contribution is -2.29. The molecule has 0 radical (unpaired) electrons. The molecule has 2 aliphatic heterocycles. The van der Waals surface area contributed by atoms with Crippen molar-refractivity contribution in [3.8, 4) is 0 Å². The number of rotatable bonds is 6. The molecular weight excluding hydrogens is 516 g/mol. The predicted molar refractivity (Wildman–Crippen MR) is 140 cm³/mol. The molecule has 0 bridgehead atoms. The van der Waals surface area contributed by atoms with E-state index >= 15 is 0 Å². The molecule has 1 atom stereocenters. The number of sulfone groups is 1. The molecule has 0 saturated heterocycles. The molecule has 0 fully saturated rings. The number of nitrogens with zero attached hydrogens (tertiary/aromatic N) is 2. The molecule has 2 heterocycles. The van der Waals surface area contributed by atoms with Gasteiger partial charge in [-0.3, -0.25) is 19.3 Å². The van der Waals surface area contributed by atoms with Gasteiger partial charge in [-0.15, -0.1) is 0 Å². The first-order valence-corrected chi connectivity index (χ1v) is 13.7. The zero-order chi connectivity index (χ0) is 27.3. The molecule has 2 aliphatic rings. The molecule has 1 N–H and O–H groups in total. The Kier molecular flexibility index (Phi) is 5.90. The van der Waals surface area contributed by atoms with Crippen molar-refractivity contribution in [2.24, 2.45) is 0 Å². The summed E-state index contributed by atoms with van der Waals surface area (Å²) in [4.78, 5) is 41.1. The number of hydrogen-bond acceptors (Lipinski definition) is 6. The fourth-order valence-electron chi connectivity index (χ4n) is 4.97. The van der Waals surface area contributed by atoms with Gasteiger partial charge in [-0.25, -0.2) is 8.42 Å². The van der Waals surface area contributed by atoms with E-state index in [1.54, 1.807) is 24.3 Å². The predicted octanol–water partition coefficient (Wildman–Crippen LogP) is 3.96. The monoisotopic (exact) mass is 538 g/mol. The summed E-state index contributed by atoms with van der Waals surface area (Å²) in [6, 6.07) is 26.1. The van der Waals surface area contributed by atoms with E-state index in [-0.39, 0.29) is 39.6 Å². The first-order valence-electron chi connectivity index (χ1n) is 12.2. The molecule has 3 amide bonds. The smallest absolute Gasteiger partial charge is 0.261 e. The normalized spacial score (nSPS) is 16.5. The van der Waals surface area contributed by atoms with Crippen LogP contribution in [0.5, 0.6) is 0 Å². The van der Waals surface area contributed by atoms with E-state index in [1.807, 2.05) is 36.4 Å². The molecule has 9 heteroatoms. The molecule has 39 heavy (non-hydrogen) atoms. The molecule has 1 unspecified atom stereocenters. The second-order valence-electron chi connectivity index (χ2n) is 9.43. The zero-order valence-corrected chi connectivity index (χ0v) is 21.3. The highest BCUT2D eigenvalue weighted by molar-refractivity contribution is 7.91. The maximum absolute atomic E-state index is 13.6. The van der Waals surface area contributed by atoms with Gasteiger partial charge in [-0.05, 0) is 41.5 Å². The standard InChI is InChI=1S/C30H22N2O6S/c33-27-23-13-11-21(15-25(23)29(35)31(27)17-19-7-3-1-4-8-19)39(37,38)22-12-14-24-26(16-22)30(36)32(28(24)34)18-20-9-5-2-6-10-20/h1-16,27,33H,17-18H2. The Hall–Kier alpha value is -4.60. The molecule has 0 aliphatic carbocycles. The fourth-order valence-corrected chi connectivity index (χ4v) is 6.28. The summed E-state index contributed by atoms with van der Waals surface area (Å²) < 4.78 is 27.1. The minimum absolute atomic E-state index is 0.0127. The third-order valence-corrected chi connectivity index (χ3v) is 8.78. The summed E-state index contributed by atoms with van der Waals surface area (Å²) in [5, 5.41) is 10.8. The first kappa shape index (κ1) is 24.7. The van der Waals surface area contributed by atoms with Crippen molar-refractivity contribution in [2.75, 3.05) is 0 Å². The van der Waals surface area contributed by atoms with Crippen LogP contribution in [0.2, 0.25) is 0 Å². The molecule has 194 valence electrons. The summed E-state index contributed by atoms with van der Waals surface area (Å²) in [7, 11) is -4.15. The highest BCUT2D eigenvalue weighted by Crippen LogP contribution is 2.36. The zero-order valence-electron chi connectivity index (χ0n) is 20.5. The van der Waals surface area contributed by atoms with Crippen LogP contribution in [0.15, 0.2) is 107 Å². The lowest BCUT2D eigenvalue weighted by atomic mass is 10.1. The molecular formula is C30H22N2O6S. The van der Waals surface area contributed by atoms with E-state index < -0.39 is 33.8 Å². The highest BCUT2D eigenvalue weighted by Gasteiger charge is 2.38. The van der Waals surface area contributed by atoms with Crippen LogP contribution < -0.4 is 0 Å². The Bertz CT molecular complexity index is 1750. The SMILES string of the molecule is O=C1c2ccc(S(=O)(=O)c3ccc4c(c3)C(=O)N(Cc3ccccc3)C4O)cc2C(=O)N1Cc1ccccc1. The molecule has 6 rings (SSSR count). The van der Waals surface area contributed by atoms with Crippen molar-refractivity contribution in [1.82, 2.24) is 9.80 Å². The quantitative estimate of drug-likeness (QED) is 0.372. The lowest BCUT2D eigenvalue weighted by molar-refractivity contribution is 0.0137. The number of benzene rings is 4. The van der Waals surface area contributed by atoms with Crippen LogP contribution in [0.1, 0.15) is 54.0 Å². The minimum atomic E-state index is -4.15. The Morgan fingerprint density at radius 2 is 1.15 bits per heavy atom. The maximum atomic E-state index is 13.6. The molecule has 4 aromatic rings. The number of hydrogen-bond donors (Lipinski definition) is 1. The number of amides is 3. The van der Waals surface area contributed by atoms with Crippen molar-refractivity contribution >= 4 is 27.6 Å². The highest BCUT2D eigenvalue weighted by atomic mass is 32.2. The first-order chi connectivity index (χ1) is 18.8. The van der Waals surface area contributed by atoms with Gasteiger partial charge in [0, 0.05) is 17.7 Å². The van der Waals surface area contributed by atoms with Crippen LogP contribution in [0.4, 0.5) is 0 Å². The van der Waals surface area contributed by atoms with E-state index in [0.29, 0.717) is 5.56 Å². The average molecular weight is 539 g/mol. The van der Waals surface area contributed by atoms with Crippen LogP contribution in [0.3, 0.4) is 0 Å². The van der Waals surface area contributed by atoms with Crippen molar-refractivity contribution in [2.45, 2.75) is 29.1 Å². The molecule has 0 saturated carbocycles. The molecule has 0 aromatic heterocycles. The summed E-state index contributed by atoms with van der Waals surface area (Å²) >= 11 is 0. The molecule has 0 spiro atoms. The van der Waals surface area contributed by atoms with Crippen LogP contribution in [-0.4, -0.2) is 41.0 Å². The summed E-state index contributed by atoms with van der Waals surface area (Å²) in [5.74, 6) is -1.54. The molecule has 4 aromatic carbocycles. The van der Waals surface area contributed by atoms with Gasteiger partial charge >= 0.3 is 0 Å². The van der Waals surface area contributed by atoms with Gasteiger partial charge < -0.3 is 10.0 Å². The minimum Gasteiger partial charge on any atom is -0.369 e. The van der Waals surface area contributed by atoms with Crippen LogP contribution in [-0.2, 0) is 22.9 Å². The van der Waals surface area contributed by atoms with Crippen LogP contribution in [0, 0.1) is 0 Å². The Labute approximate surface area is 224 Å². The Balaban J connectivity index is 1.29. The van der Waals surface area contributed by atoms with Crippen molar-refractivity contribution in [3.05, 3.63) is 130 Å². The number of aliphatic hydroxyl groups is 1. The average Bonchev–Trinajstić information content (AvgIpc) is 3.34. The third-order valence-electron chi connectivity index (χ3n) is 7.03. The number of aliphatic hydroxyl groups excluding tert-OH is 1. The maximum Gasteiger partial charge on any atom is 0.261 e. The summed E-state index contributed by atoms with van der Waals surface area (Å²) in [6.07, 6.45) is -1.20. The van der Waals surface area contributed by atoms with Crippen molar-refractivity contribution in [3.63, 3.8) is 0 Å². The van der Waals surface area contributed by atoms with E-state index in [0.717, 1.165) is 16.0 Å². The number of carbonyl (C=O) groups excluding carboxylic acids is 3. The third kappa shape index (κ3) is 4.12. The summed E-state index contributed by atoms with van der Waals surface area (Å²) in [5.41, 5.74) is 2.16. The van der Waals surface area contributed by atoms with Gasteiger partial charge in [-0.2, -0.15) is 0 Å². The van der Waals surface area contributed by atoms with E-state index in [2.05, 4.69) is 0 Å². The Morgan fingerprint density at radius 3 is 1.79 bits per heavy atom. The second-order valence-corrected chi connectivity index (χ2v) is 11.4. The summed E-state index contributed by atoms with van der Waals surface area (Å²) in [6.45, 7) is 0.238. The largest absolute Gasteiger partial charge is 0.369 e. The van der Waals surface area contributed by atoms with E-state index in [4.69, 9.17) is 0 Å². The van der Waals surface area contributed by atoms with E-state index in [9.17, 15) is 27.9 Å². The van der Waals surface area contributed by atoms with Crippen LogP contribution >= 0.6 is 0 Å². The van der Waals surface area contributed by atoms with Crippen molar-refractivity contribution in [1.29, 1.82) is 0 Å². The van der Waals surface area contributed by atoms with Gasteiger partial charge in [0.25, 0.3) is 17.7 Å². The molecule has 8 nitrogen and oxygen atoms in total. The van der Waals surface area contributed by atoms with Crippen molar-refractivity contribution < 1.29 is 27.9 Å². The fraction of sp³-hybridized carbons (Fsp3) is 0.100. The topological polar surface area (TPSA) is 112 Å². The van der Waals surface area contributed by atoms with Gasteiger partial charge in [0.1, 0.15) is 0 Å².